The van der Waals surface area contributed by atoms with Crippen LogP contribution in [0.15, 0.2) is 48.8 Å². The Morgan fingerprint density at radius 1 is 1.25 bits per heavy atom. The summed E-state index contributed by atoms with van der Waals surface area (Å²) in [5.74, 6) is -1.29. The van der Waals surface area contributed by atoms with Crippen LogP contribution in [0.25, 0.3) is 0 Å². The Morgan fingerprint density at radius 2 is 2.00 bits per heavy atom. The summed E-state index contributed by atoms with van der Waals surface area (Å²) < 4.78 is 56.0. The fraction of sp³-hybridized carbons (Fsp3) is 0.318. The molecular weight excluding hydrogens is 426 g/mol. The molecule has 0 aliphatic carbocycles. The average Bonchev–Trinajstić information content (AvgIpc) is 3.21. The number of alkyl halides is 3. The molecular formula is C22H21F4N5O. The molecule has 0 fully saturated rings. The van der Waals surface area contributed by atoms with E-state index >= 15 is 0 Å². The van der Waals surface area contributed by atoms with E-state index in [1.165, 1.54) is 18.3 Å². The van der Waals surface area contributed by atoms with Gasteiger partial charge < -0.3 is 10.6 Å². The molecule has 0 saturated heterocycles. The number of aryl methyl sites for hydroxylation is 1. The minimum absolute atomic E-state index is 0.0249. The molecule has 0 bridgehead atoms. The normalized spacial score (nSPS) is 18.0. The van der Waals surface area contributed by atoms with Crippen LogP contribution in [0.2, 0.25) is 0 Å². The second-order valence-corrected chi connectivity index (χ2v) is 7.55. The molecule has 3 aromatic rings. The lowest BCUT2D eigenvalue weighted by Crippen LogP contribution is -2.36. The second kappa shape index (κ2) is 8.60. The number of fused-ring (bicyclic) bond motifs is 1. The quantitative estimate of drug-likeness (QED) is 0.562. The molecule has 0 saturated carbocycles. The zero-order valence-electron chi connectivity index (χ0n) is 17.2. The van der Waals surface area contributed by atoms with Gasteiger partial charge in [0.05, 0.1) is 24.5 Å². The van der Waals surface area contributed by atoms with Gasteiger partial charge in [-0.05, 0) is 29.7 Å². The van der Waals surface area contributed by atoms with E-state index in [-0.39, 0.29) is 30.0 Å². The topological polar surface area (TPSA) is 71.8 Å². The molecule has 2 atom stereocenters. The minimum Gasteiger partial charge on any atom is -0.363 e. The summed E-state index contributed by atoms with van der Waals surface area (Å²) in [7, 11) is 0. The first kappa shape index (κ1) is 21.8. The number of halogens is 4. The third-order valence-corrected chi connectivity index (χ3v) is 5.52. The molecule has 4 rings (SSSR count). The van der Waals surface area contributed by atoms with E-state index in [4.69, 9.17) is 0 Å². The Bertz CT molecular complexity index is 1110. The predicted molar refractivity (Wildman–Crippen MR) is 109 cm³/mol. The number of hydrogen-bond acceptors (Lipinski definition) is 4. The first-order valence-corrected chi connectivity index (χ1v) is 10.1. The predicted octanol–water partition coefficient (Wildman–Crippen LogP) is 4.57. The maximum Gasteiger partial charge on any atom is 0.410 e. The SMILES string of the molecule is CCc1ccc([C@@H]2C[C@H](C(F)(F)F)n3ncc(C(=O)NCc4ncccc4F)c3N2)cc1. The average molecular weight is 447 g/mol. The Morgan fingerprint density at radius 3 is 2.66 bits per heavy atom. The number of rotatable bonds is 5. The van der Waals surface area contributed by atoms with Crippen molar-refractivity contribution in [2.45, 2.75) is 44.6 Å². The van der Waals surface area contributed by atoms with Crippen molar-refractivity contribution in [2.75, 3.05) is 5.32 Å². The molecule has 6 nitrogen and oxygen atoms in total. The fourth-order valence-corrected chi connectivity index (χ4v) is 3.74. The molecule has 32 heavy (non-hydrogen) atoms. The third-order valence-electron chi connectivity index (χ3n) is 5.52. The van der Waals surface area contributed by atoms with Crippen molar-refractivity contribution >= 4 is 11.7 Å². The first-order valence-electron chi connectivity index (χ1n) is 10.1. The first-order chi connectivity index (χ1) is 15.3. The second-order valence-electron chi connectivity index (χ2n) is 7.55. The van der Waals surface area contributed by atoms with E-state index in [0.29, 0.717) is 5.56 Å². The van der Waals surface area contributed by atoms with Gasteiger partial charge in [0.2, 0.25) is 0 Å². The number of carbonyl (C=O) groups excluding carboxylic acids is 1. The minimum atomic E-state index is -4.55. The molecule has 0 spiro atoms. The number of anilines is 1. The highest BCUT2D eigenvalue weighted by Crippen LogP contribution is 2.44. The van der Waals surface area contributed by atoms with Crippen molar-refractivity contribution in [1.29, 1.82) is 0 Å². The maximum absolute atomic E-state index is 13.8. The lowest BCUT2D eigenvalue weighted by Gasteiger charge is -2.34. The molecule has 168 valence electrons. The van der Waals surface area contributed by atoms with Gasteiger partial charge in [-0.1, -0.05) is 31.2 Å². The van der Waals surface area contributed by atoms with Gasteiger partial charge in [-0.2, -0.15) is 18.3 Å². The van der Waals surface area contributed by atoms with Gasteiger partial charge in [0.1, 0.15) is 17.2 Å². The molecule has 3 heterocycles. The number of amides is 1. The Labute approximate surface area is 181 Å². The van der Waals surface area contributed by atoms with Gasteiger partial charge in [0, 0.05) is 12.6 Å². The van der Waals surface area contributed by atoms with Crippen molar-refractivity contribution in [3.63, 3.8) is 0 Å². The summed E-state index contributed by atoms with van der Waals surface area (Å²) in [5.41, 5.74) is 1.73. The zero-order chi connectivity index (χ0) is 22.9. The lowest BCUT2D eigenvalue weighted by atomic mass is 9.95. The van der Waals surface area contributed by atoms with Crippen LogP contribution in [-0.2, 0) is 13.0 Å². The molecule has 1 aromatic carbocycles. The van der Waals surface area contributed by atoms with Gasteiger partial charge >= 0.3 is 6.18 Å². The van der Waals surface area contributed by atoms with E-state index in [9.17, 15) is 22.4 Å². The van der Waals surface area contributed by atoms with Gasteiger partial charge in [-0.15, -0.1) is 0 Å². The number of nitrogens with one attached hydrogen (secondary N) is 2. The number of nitrogens with zero attached hydrogens (tertiary/aromatic N) is 3. The molecule has 10 heteroatoms. The van der Waals surface area contributed by atoms with Crippen molar-refractivity contribution in [1.82, 2.24) is 20.1 Å². The van der Waals surface area contributed by atoms with Gasteiger partial charge in [0.25, 0.3) is 5.91 Å². The Balaban J connectivity index is 1.61. The van der Waals surface area contributed by atoms with Crippen molar-refractivity contribution < 1.29 is 22.4 Å². The van der Waals surface area contributed by atoms with E-state index in [1.54, 1.807) is 12.1 Å². The monoisotopic (exact) mass is 447 g/mol. The highest BCUT2D eigenvalue weighted by atomic mass is 19.4. The summed E-state index contributed by atoms with van der Waals surface area (Å²) in [5, 5.41) is 9.38. The van der Waals surface area contributed by atoms with Crippen LogP contribution in [-0.4, -0.2) is 26.8 Å². The Hall–Kier alpha value is -3.43. The molecule has 1 aliphatic heterocycles. The third kappa shape index (κ3) is 4.30. The van der Waals surface area contributed by atoms with Crippen LogP contribution < -0.4 is 10.6 Å². The van der Waals surface area contributed by atoms with Crippen molar-refractivity contribution in [2.24, 2.45) is 0 Å². The molecule has 1 amide bonds. The fourth-order valence-electron chi connectivity index (χ4n) is 3.74. The highest BCUT2D eigenvalue weighted by Gasteiger charge is 2.47. The number of carbonyl (C=O) groups is 1. The van der Waals surface area contributed by atoms with Gasteiger partial charge in [-0.25, -0.2) is 9.07 Å². The molecule has 1 aliphatic rings. The summed E-state index contributed by atoms with van der Waals surface area (Å²) >= 11 is 0. The summed E-state index contributed by atoms with van der Waals surface area (Å²) in [6.07, 6.45) is -1.51. The number of hydrogen-bond donors (Lipinski definition) is 2. The van der Waals surface area contributed by atoms with Crippen molar-refractivity contribution in [3.05, 3.63) is 77.0 Å². The van der Waals surface area contributed by atoms with Crippen LogP contribution >= 0.6 is 0 Å². The summed E-state index contributed by atoms with van der Waals surface area (Å²) in [4.78, 5) is 16.6. The van der Waals surface area contributed by atoms with Crippen LogP contribution in [0.4, 0.5) is 23.4 Å². The molecule has 2 aromatic heterocycles. The standard InChI is InChI=1S/C22H21F4N5O/c1-2-13-5-7-14(8-6-13)17-10-19(22(24,25)26)31-20(30-17)15(11-29-31)21(32)28-12-18-16(23)4-3-9-27-18/h3-9,11,17,19,30H,2,10,12H2,1H3,(H,28,32)/t17-,19+/m0/s1. The van der Waals surface area contributed by atoms with E-state index < -0.39 is 30.0 Å². The van der Waals surface area contributed by atoms with Crippen LogP contribution in [0, 0.1) is 5.82 Å². The molecule has 0 radical (unpaired) electrons. The Kier molecular flexibility index (Phi) is 5.86. The summed E-state index contributed by atoms with van der Waals surface area (Å²) in [6, 6.07) is 7.42. The number of pyridine rings is 1. The summed E-state index contributed by atoms with van der Waals surface area (Å²) in [6.45, 7) is 1.79. The zero-order valence-corrected chi connectivity index (χ0v) is 17.2. The van der Waals surface area contributed by atoms with E-state index in [1.807, 2.05) is 19.1 Å². The molecule has 0 unspecified atom stereocenters. The van der Waals surface area contributed by atoms with Gasteiger partial charge in [0.15, 0.2) is 6.04 Å². The van der Waals surface area contributed by atoms with Crippen LogP contribution in [0.1, 0.15) is 52.6 Å². The largest absolute Gasteiger partial charge is 0.410 e. The van der Waals surface area contributed by atoms with Crippen LogP contribution in [0.5, 0.6) is 0 Å². The van der Waals surface area contributed by atoms with Crippen molar-refractivity contribution in [3.8, 4) is 0 Å². The number of aromatic nitrogens is 3. The van der Waals surface area contributed by atoms with Crippen LogP contribution in [0.3, 0.4) is 0 Å². The highest BCUT2D eigenvalue weighted by molar-refractivity contribution is 5.98. The number of benzene rings is 1. The van der Waals surface area contributed by atoms with E-state index in [0.717, 1.165) is 22.9 Å². The van der Waals surface area contributed by atoms with E-state index in [2.05, 4.69) is 20.7 Å². The molecule has 2 N–H and O–H groups in total. The lowest BCUT2D eigenvalue weighted by molar-refractivity contribution is -0.173. The maximum atomic E-state index is 13.8. The van der Waals surface area contributed by atoms with Gasteiger partial charge in [-0.3, -0.25) is 9.78 Å². The smallest absolute Gasteiger partial charge is 0.363 e.